The third-order valence-electron chi connectivity index (χ3n) is 2.97. The summed E-state index contributed by atoms with van der Waals surface area (Å²) in [5.41, 5.74) is 1.53. The number of benzene rings is 2. The number of hydrogen-bond donors (Lipinski definition) is 0. The van der Waals surface area contributed by atoms with E-state index in [9.17, 15) is 15.4 Å². The zero-order valence-corrected chi connectivity index (χ0v) is 10.2. The van der Waals surface area contributed by atoms with Crippen LogP contribution in [0, 0.1) is 21.4 Å². The van der Waals surface area contributed by atoms with Gasteiger partial charge in [0.15, 0.2) is 0 Å². The number of rotatable bonds is 4. The Labute approximate surface area is 111 Å². The van der Waals surface area contributed by atoms with Gasteiger partial charge in [0, 0.05) is 11.6 Å². The number of nitrogens with zero attached hydrogens (tertiary/aromatic N) is 2. The first-order chi connectivity index (χ1) is 9.22. The van der Waals surface area contributed by atoms with E-state index in [0.717, 1.165) is 5.56 Å². The molecule has 0 amide bonds. The van der Waals surface area contributed by atoms with Crippen LogP contribution in [0.4, 0.5) is 5.69 Å². The van der Waals surface area contributed by atoms with Gasteiger partial charge in [0.05, 0.1) is 16.9 Å². The molecular weight excluding hydrogens is 240 g/mol. The monoisotopic (exact) mass is 252 g/mol. The van der Waals surface area contributed by atoms with E-state index in [1.807, 2.05) is 30.3 Å². The Kier molecular flexibility index (Phi) is 3.89. The van der Waals surface area contributed by atoms with Crippen molar-refractivity contribution in [2.24, 2.45) is 0 Å². The van der Waals surface area contributed by atoms with E-state index in [1.54, 1.807) is 18.2 Å². The molecule has 0 saturated carbocycles. The predicted molar refractivity (Wildman–Crippen MR) is 71.6 cm³/mol. The van der Waals surface area contributed by atoms with Gasteiger partial charge in [0.1, 0.15) is 0 Å². The highest BCUT2D eigenvalue weighted by Gasteiger charge is 2.18. The van der Waals surface area contributed by atoms with E-state index >= 15 is 0 Å². The quantitative estimate of drug-likeness (QED) is 0.618. The Balaban J connectivity index is 2.30. The Hall–Kier alpha value is -2.67. The SMILES string of the molecule is N#CC(Cc1ccccc1[N+](=O)[O-])c1ccccc1. The molecule has 19 heavy (non-hydrogen) atoms. The van der Waals surface area contributed by atoms with Gasteiger partial charge >= 0.3 is 0 Å². The average molecular weight is 252 g/mol. The molecule has 0 heterocycles. The molecule has 0 saturated heterocycles. The van der Waals surface area contributed by atoms with Crippen molar-refractivity contribution in [2.45, 2.75) is 12.3 Å². The number of nitriles is 1. The Morgan fingerprint density at radius 2 is 1.74 bits per heavy atom. The van der Waals surface area contributed by atoms with Crippen LogP contribution in [0.25, 0.3) is 0 Å². The minimum atomic E-state index is -0.408. The van der Waals surface area contributed by atoms with E-state index in [-0.39, 0.29) is 11.6 Å². The van der Waals surface area contributed by atoms with Gasteiger partial charge < -0.3 is 0 Å². The van der Waals surface area contributed by atoms with Crippen molar-refractivity contribution in [2.75, 3.05) is 0 Å². The number of para-hydroxylation sites is 1. The van der Waals surface area contributed by atoms with Crippen LogP contribution in [-0.2, 0) is 6.42 Å². The van der Waals surface area contributed by atoms with E-state index in [4.69, 9.17) is 0 Å². The summed E-state index contributed by atoms with van der Waals surface area (Å²) in [7, 11) is 0. The van der Waals surface area contributed by atoms with Crippen molar-refractivity contribution in [3.8, 4) is 6.07 Å². The highest BCUT2D eigenvalue weighted by atomic mass is 16.6. The Morgan fingerprint density at radius 1 is 1.11 bits per heavy atom. The van der Waals surface area contributed by atoms with Crippen molar-refractivity contribution < 1.29 is 4.92 Å². The van der Waals surface area contributed by atoms with Gasteiger partial charge in [0.25, 0.3) is 5.69 Å². The number of hydrogen-bond acceptors (Lipinski definition) is 3. The number of nitro groups is 1. The summed E-state index contributed by atoms with van der Waals surface area (Å²) in [6.45, 7) is 0. The smallest absolute Gasteiger partial charge is 0.258 e. The van der Waals surface area contributed by atoms with Gasteiger partial charge in [-0.05, 0) is 12.0 Å². The summed E-state index contributed by atoms with van der Waals surface area (Å²) in [6, 6.07) is 18.1. The summed E-state index contributed by atoms with van der Waals surface area (Å²) in [5, 5.41) is 20.2. The lowest BCUT2D eigenvalue weighted by atomic mass is 9.92. The van der Waals surface area contributed by atoms with E-state index in [0.29, 0.717) is 12.0 Å². The lowest BCUT2D eigenvalue weighted by Crippen LogP contribution is -2.03. The van der Waals surface area contributed by atoms with Gasteiger partial charge in [-0.1, -0.05) is 48.5 Å². The maximum Gasteiger partial charge on any atom is 0.272 e. The maximum absolute atomic E-state index is 11.0. The van der Waals surface area contributed by atoms with Gasteiger partial charge in [0.2, 0.25) is 0 Å². The van der Waals surface area contributed by atoms with Gasteiger partial charge in [-0.15, -0.1) is 0 Å². The summed E-state index contributed by atoms with van der Waals surface area (Å²) >= 11 is 0. The fourth-order valence-electron chi connectivity index (χ4n) is 2.00. The van der Waals surface area contributed by atoms with Crippen LogP contribution < -0.4 is 0 Å². The normalized spacial score (nSPS) is 11.5. The van der Waals surface area contributed by atoms with Crippen LogP contribution in [0.1, 0.15) is 17.0 Å². The first kappa shape index (κ1) is 12.8. The summed E-state index contributed by atoms with van der Waals surface area (Å²) < 4.78 is 0. The minimum absolute atomic E-state index is 0.0682. The molecular formula is C15H12N2O2. The topological polar surface area (TPSA) is 66.9 Å². The van der Waals surface area contributed by atoms with Crippen LogP contribution in [0.3, 0.4) is 0 Å². The van der Waals surface area contributed by atoms with Crippen molar-refractivity contribution in [3.05, 3.63) is 75.8 Å². The van der Waals surface area contributed by atoms with Crippen LogP contribution in [0.2, 0.25) is 0 Å². The molecule has 0 radical (unpaired) electrons. The van der Waals surface area contributed by atoms with Gasteiger partial charge in [-0.3, -0.25) is 10.1 Å². The lowest BCUT2D eigenvalue weighted by Gasteiger charge is -2.09. The molecule has 94 valence electrons. The second kappa shape index (κ2) is 5.78. The molecule has 4 heteroatoms. The van der Waals surface area contributed by atoms with Crippen LogP contribution >= 0.6 is 0 Å². The maximum atomic E-state index is 11.0. The molecule has 2 aromatic rings. The molecule has 0 aliphatic heterocycles. The molecule has 0 aliphatic rings. The van der Waals surface area contributed by atoms with Crippen LogP contribution in [-0.4, -0.2) is 4.92 Å². The lowest BCUT2D eigenvalue weighted by molar-refractivity contribution is -0.385. The third kappa shape index (κ3) is 2.96. The summed E-state index contributed by atoms with van der Waals surface area (Å²) in [4.78, 5) is 10.5. The largest absolute Gasteiger partial charge is 0.272 e. The third-order valence-corrected chi connectivity index (χ3v) is 2.97. The van der Waals surface area contributed by atoms with Crippen LogP contribution in [0.5, 0.6) is 0 Å². The van der Waals surface area contributed by atoms with Crippen molar-refractivity contribution >= 4 is 5.69 Å². The van der Waals surface area contributed by atoms with Gasteiger partial charge in [-0.2, -0.15) is 5.26 Å². The highest BCUT2D eigenvalue weighted by molar-refractivity contribution is 5.42. The molecule has 2 rings (SSSR count). The predicted octanol–water partition coefficient (Wildman–Crippen LogP) is 3.44. The molecule has 2 aromatic carbocycles. The standard InChI is InChI=1S/C15H12N2O2/c16-11-14(12-6-2-1-3-7-12)10-13-8-4-5-9-15(13)17(18)19/h1-9,14H,10H2. The van der Waals surface area contributed by atoms with E-state index < -0.39 is 4.92 Å². The second-order valence-electron chi connectivity index (χ2n) is 4.18. The van der Waals surface area contributed by atoms with E-state index in [1.165, 1.54) is 6.07 Å². The molecule has 0 spiro atoms. The molecule has 1 atom stereocenters. The average Bonchev–Trinajstić information content (AvgIpc) is 2.46. The van der Waals surface area contributed by atoms with Crippen LogP contribution in [0.15, 0.2) is 54.6 Å². The zero-order valence-electron chi connectivity index (χ0n) is 10.2. The van der Waals surface area contributed by atoms with Crippen molar-refractivity contribution in [1.82, 2.24) is 0 Å². The Bertz CT molecular complexity index is 618. The summed E-state index contributed by atoms with van der Waals surface area (Å²) in [5.74, 6) is -0.373. The fourth-order valence-corrected chi connectivity index (χ4v) is 2.00. The van der Waals surface area contributed by atoms with Crippen molar-refractivity contribution in [1.29, 1.82) is 5.26 Å². The first-order valence-electron chi connectivity index (χ1n) is 5.89. The zero-order chi connectivity index (χ0) is 13.7. The molecule has 0 bridgehead atoms. The molecule has 0 N–H and O–H groups in total. The molecule has 4 nitrogen and oxygen atoms in total. The highest BCUT2D eigenvalue weighted by Crippen LogP contribution is 2.25. The second-order valence-corrected chi connectivity index (χ2v) is 4.18. The van der Waals surface area contributed by atoms with E-state index in [2.05, 4.69) is 6.07 Å². The summed E-state index contributed by atoms with van der Waals surface area (Å²) in [6.07, 6.45) is 0.345. The number of nitro benzene ring substituents is 1. The van der Waals surface area contributed by atoms with Gasteiger partial charge in [-0.25, -0.2) is 0 Å². The molecule has 1 unspecified atom stereocenters. The molecule has 0 fully saturated rings. The van der Waals surface area contributed by atoms with Crippen molar-refractivity contribution in [3.63, 3.8) is 0 Å². The fraction of sp³-hybridized carbons (Fsp3) is 0.133. The molecule has 0 aromatic heterocycles. The first-order valence-corrected chi connectivity index (χ1v) is 5.89. The minimum Gasteiger partial charge on any atom is -0.258 e. The Morgan fingerprint density at radius 3 is 2.37 bits per heavy atom. The molecule has 0 aliphatic carbocycles.